The van der Waals surface area contributed by atoms with Gasteiger partial charge in [-0.1, -0.05) is 36.4 Å². The molecule has 1 N–H and O–H groups in total. The van der Waals surface area contributed by atoms with Gasteiger partial charge in [-0.15, -0.1) is 16.4 Å². The number of nitrogens with one attached hydrogen (secondary N) is 1. The van der Waals surface area contributed by atoms with Crippen molar-refractivity contribution in [1.82, 2.24) is 19.7 Å². The van der Waals surface area contributed by atoms with E-state index < -0.39 is 0 Å². The van der Waals surface area contributed by atoms with Crippen molar-refractivity contribution in [3.8, 4) is 10.7 Å². The molecule has 0 unspecified atom stereocenters. The maximum Gasteiger partial charge on any atom is 0.346 e. The zero-order valence-electron chi connectivity index (χ0n) is 14.3. The summed E-state index contributed by atoms with van der Waals surface area (Å²) in [5, 5.41) is 9.27. The van der Waals surface area contributed by atoms with E-state index in [-0.39, 0.29) is 24.2 Å². The second-order valence-electron chi connectivity index (χ2n) is 6.43. The number of hydrogen-bond acceptors (Lipinski definition) is 4. The molecule has 1 aromatic carbocycles. The van der Waals surface area contributed by atoms with Gasteiger partial charge in [0.2, 0.25) is 5.91 Å². The molecule has 1 aliphatic rings. The van der Waals surface area contributed by atoms with Crippen LogP contribution < -0.4 is 11.0 Å². The minimum Gasteiger partial charge on any atom is -0.354 e. The Hall–Kier alpha value is -2.67. The quantitative estimate of drug-likeness (QED) is 0.696. The lowest BCUT2D eigenvalue weighted by molar-refractivity contribution is -0.121. The fourth-order valence-electron chi connectivity index (χ4n) is 2.94. The molecule has 0 spiro atoms. The maximum absolute atomic E-state index is 12.7. The van der Waals surface area contributed by atoms with Gasteiger partial charge in [0.25, 0.3) is 0 Å². The highest BCUT2D eigenvalue weighted by Gasteiger charge is 2.31. The van der Waals surface area contributed by atoms with E-state index in [1.54, 1.807) is 15.9 Å². The Morgan fingerprint density at radius 1 is 1.19 bits per heavy atom. The van der Waals surface area contributed by atoms with Crippen molar-refractivity contribution in [3.63, 3.8) is 0 Å². The van der Waals surface area contributed by atoms with Gasteiger partial charge >= 0.3 is 5.69 Å². The number of benzene rings is 1. The van der Waals surface area contributed by atoms with Gasteiger partial charge < -0.3 is 5.32 Å². The molecule has 2 heterocycles. The molecule has 6 nitrogen and oxygen atoms in total. The Morgan fingerprint density at radius 3 is 2.69 bits per heavy atom. The van der Waals surface area contributed by atoms with Crippen LogP contribution in [0.5, 0.6) is 0 Å². The van der Waals surface area contributed by atoms with E-state index in [0.717, 1.165) is 24.1 Å². The van der Waals surface area contributed by atoms with E-state index in [0.29, 0.717) is 12.4 Å². The highest BCUT2D eigenvalue weighted by molar-refractivity contribution is 7.13. The van der Waals surface area contributed by atoms with Crippen LogP contribution in [0.4, 0.5) is 0 Å². The summed E-state index contributed by atoms with van der Waals surface area (Å²) in [5.41, 5.74) is 0.970. The maximum atomic E-state index is 12.7. The fraction of sp³-hybridized carbons (Fsp3) is 0.316. The van der Waals surface area contributed by atoms with Crippen LogP contribution in [0.3, 0.4) is 0 Å². The van der Waals surface area contributed by atoms with Crippen molar-refractivity contribution < 1.29 is 4.79 Å². The molecule has 7 heteroatoms. The first-order valence-corrected chi connectivity index (χ1v) is 9.64. The molecular formula is C19H20N4O2S. The van der Waals surface area contributed by atoms with Gasteiger partial charge in [0, 0.05) is 12.6 Å². The van der Waals surface area contributed by atoms with Crippen molar-refractivity contribution in [2.24, 2.45) is 0 Å². The minimum atomic E-state index is -0.200. The lowest BCUT2D eigenvalue weighted by Crippen LogP contribution is -2.34. The molecule has 1 saturated carbocycles. The third-order valence-electron chi connectivity index (χ3n) is 4.40. The first-order valence-electron chi connectivity index (χ1n) is 8.76. The Labute approximate surface area is 155 Å². The first-order chi connectivity index (χ1) is 12.7. The number of carbonyl (C=O) groups is 1. The van der Waals surface area contributed by atoms with Crippen LogP contribution in [-0.2, 0) is 17.8 Å². The van der Waals surface area contributed by atoms with Crippen LogP contribution in [-0.4, -0.2) is 26.8 Å². The molecule has 0 saturated heterocycles. The average Bonchev–Trinajstić information content (AvgIpc) is 3.22. The third kappa shape index (κ3) is 3.62. The number of aromatic nitrogens is 3. The van der Waals surface area contributed by atoms with Crippen LogP contribution in [0.1, 0.15) is 24.4 Å². The van der Waals surface area contributed by atoms with Crippen LogP contribution >= 0.6 is 11.3 Å². The van der Waals surface area contributed by atoms with Crippen molar-refractivity contribution in [1.29, 1.82) is 0 Å². The van der Waals surface area contributed by atoms with E-state index in [1.807, 2.05) is 47.8 Å². The Morgan fingerprint density at radius 2 is 2.00 bits per heavy atom. The summed E-state index contributed by atoms with van der Waals surface area (Å²) in [6, 6.07) is 14.1. The predicted octanol–water partition coefficient (Wildman–Crippen LogP) is 2.47. The number of hydrogen-bond donors (Lipinski definition) is 1. The predicted molar refractivity (Wildman–Crippen MR) is 101 cm³/mol. The Bertz CT molecular complexity index is 940. The molecule has 4 rings (SSSR count). The highest BCUT2D eigenvalue weighted by atomic mass is 32.1. The molecule has 3 aromatic rings. The molecule has 0 atom stereocenters. The summed E-state index contributed by atoms with van der Waals surface area (Å²) in [6.45, 7) is 0.491. The normalized spacial score (nSPS) is 13.7. The standard InChI is InChI=1S/C19H20N4O2S/c24-17(20-11-10-14-5-2-1-3-6-14)13-22-19(25)23(15-8-9-15)18(21-22)16-7-4-12-26-16/h1-7,12,15H,8-11,13H2,(H,20,24). The van der Waals surface area contributed by atoms with Gasteiger partial charge in [-0.25, -0.2) is 9.48 Å². The highest BCUT2D eigenvalue weighted by Crippen LogP contribution is 2.37. The third-order valence-corrected chi connectivity index (χ3v) is 5.26. The van der Waals surface area contributed by atoms with Crippen LogP contribution in [0, 0.1) is 0 Å². The summed E-state index contributed by atoms with van der Waals surface area (Å²) < 4.78 is 3.02. The summed E-state index contributed by atoms with van der Waals surface area (Å²) in [5.74, 6) is 0.478. The molecule has 1 aliphatic carbocycles. The lowest BCUT2D eigenvalue weighted by atomic mass is 10.1. The fourth-order valence-corrected chi connectivity index (χ4v) is 3.65. The Balaban J connectivity index is 1.44. The summed E-state index contributed by atoms with van der Waals surface area (Å²) >= 11 is 1.55. The Kier molecular flexibility index (Phi) is 4.71. The van der Waals surface area contributed by atoms with Gasteiger partial charge in [-0.2, -0.15) is 0 Å². The summed E-state index contributed by atoms with van der Waals surface area (Å²) in [6.07, 6.45) is 2.75. The smallest absolute Gasteiger partial charge is 0.346 e. The van der Waals surface area contributed by atoms with E-state index >= 15 is 0 Å². The number of nitrogens with zero attached hydrogens (tertiary/aromatic N) is 3. The van der Waals surface area contributed by atoms with Crippen molar-refractivity contribution in [2.75, 3.05) is 6.54 Å². The molecule has 0 bridgehead atoms. The van der Waals surface area contributed by atoms with Crippen LogP contribution in [0.15, 0.2) is 52.6 Å². The zero-order valence-corrected chi connectivity index (χ0v) is 15.1. The topological polar surface area (TPSA) is 68.9 Å². The summed E-state index contributed by atoms with van der Waals surface area (Å²) in [7, 11) is 0. The van der Waals surface area contributed by atoms with Crippen LogP contribution in [0.25, 0.3) is 10.7 Å². The monoisotopic (exact) mass is 368 g/mol. The second kappa shape index (κ2) is 7.29. The van der Waals surface area contributed by atoms with Gasteiger partial charge in [0.15, 0.2) is 5.82 Å². The summed E-state index contributed by atoms with van der Waals surface area (Å²) in [4.78, 5) is 25.9. The molecule has 2 aromatic heterocycles. The van der Waals surface area contributed by atoms with E-state index in [2.05, 4.69) is 10.4 Å². The number of amides is 1. The van der Waals surface area contributed by atoms with E-state index in [1.165, 1.54) is 10.2 Å². The number of rotatable bonds is 7. The van der Waals surface area contributed by atoms with E-state index in [4.69, 9.17) is 0 Å². The molecule has 26 heavy (non-hydrogen) atoms. The zero-order chi connectivity index (χ0) is 17.9. The molecular weight excluding hydrogens is 348 g/mol. The second-order valence-corrected chi connectivity index (χ2v) is 7.38. The number of carbonyl (C=O) groups excluding carboxylic acids is 1. The molecule has 134 valence electrons. The SMILES string of the molecule is O=C(Cn1nc(-c2cccs2)n(C2CC2)c1=O)NCCc1ccccc1. The van der Waals surface area contributed by atoms with Gasteiger partial charge in [0.1, 0.15) is 6.54 Å². The van der Waals surface area contributed by atoms with Crippen molar-refractivity contribution in [2.45, 2.75) is 31.8 Å². The minimum absolute atomic E-state index is 0.0499. The van der Waals surface area contributed by atoms with Gasteiger partial charge in [-0.05, 0) is 36.3 Å². The first kappa shape index (κ1) is 16.8. The molecule has 1 fully saturated rings. The van der Waals surface area contributed by atoms with Crippen LogP contribution in [0.2, 0.25) is 0 Å². The molecule has 0 radical (unpaired) electrons. The largest absolute Gasteiger partial charge is 0.354 e. The average molecular weight is 368 g/mol. The van der Waals surface area contributed by atoms with E-state index in [9.17, 15) is 9.59 Å². The molecule has 1 amide bonds. The van der Waals surface area contributed by atoms with Gasteiger partial charge in [-0.3, -0.25) is 9.36 Å². The lowest BCUT2D eigenvalue weighted by Gasteiger charge is -2.05. The number of thiophene rings is 1. The van der Waals surface area contributed by atoms with Crippen molar-refractivity contribution >= 4 is 17.2 Å². The molecule has 0 aliphatic heterocycles. The van der Waals surface area contributed by atoms with Crippen molar-refractivity contribution in [3.05, 3.63) is 63.9 Å². The van der Waals surface area contributed by atoms with Gasteiger partial charge in [0.05, 0.1) is 4.88 Å².